The molecule has 0 aliphatic heterocycles. The Bertz CT molecular complexity index is 866. The molecular formula is C15H15N3O3S. The van der Waals surface area contributed by atoms with Gasteiger partial charge in [-0.3, -0.25) is 4.68 Å². The molecule has 0 radical (unpaired) electrons. The Morgan fingerprint density at radius 3 is 2.59 bits per heavy atom. The van der Waals surface area contributed by atoms with Gasteiger partial charge in [-0.1, -0.05) is 35.5 Å². The molecule has 114 valence electrons. The van der Waals surface area contributed by atoms with Crippen molar-refractivity contribution < 1.29 is 12.9 Å². The Labute approximate surface area is 128 Å². The number of aryl methyl sites for hydroxylation is 1. The normalized spacial score (nSPS) is 11.7. The third-order valence-electron chi connectivity index (χ3n) is 3.28. The summed E-state index contributed by atoms with van der Waals surface area (Å²) in [6.45, 7) is 0. The van der Waals surface area contributed by atoms with E-state index in [9.17, 15) is 8.42 Å². The molecule has 0 aliphatic carbocycles. The Morgan fingerprint density at radius 1 is 1.14 bits per heavy atom. The van der Waals surface area contributed by atoms with E-state index in [1.807, 2.05) is 30.3 Å². The molecule has 3 rings (SSSR count). The van der Waals surface area contributed by atoms with Crippen molar-refractivity contribution in [1.82, 2.24) is 14.9 Å². The predicted octanol–water partition coefficient (Wildman–Crippen LogP) is 2.19. The second-order valence-corrected chi connectivity index (χ2v) is 7.09. The molecule has 0 saturated carbocycles. The summed E-state index contributed by atoms with van der Waals surface area (Å²) in [4.78, 5) is 0. The minimum Gasteiger partial charge on any atom is -0.356 e. The Balaban J connectivity index is 1.76. The van der Waals surface area contributed by atoms with Crippen molar-refractivity contribution >= 4 is 9.84 Å². The smallest absolute Gasteiger partial charge is 0.167 e. The fraction of sp³-hybridized carbons (Fsp3) is 0.200. The van der Waals surface area contributed by atoms with E-state index < -0.39 is 9.84 Å². The molecule has 0 spiro atoms. The third kappa shape index (κ3) is 3.25. The lowest BCUT2D eigenvalue weighted by molar-refractivity contribution is 0.425. The molecule has 2 heterocycles. The second kappa shape index (κ2) is 5.76. The zero-order valence-corrected chi connectivity index (χ0v) is 12.8. The molecule has 0 saturated heterocycles. The summed E-state index contributed by atoms with van der Waals surface area (Å²) in [5.41, 5.74) is 1.91. The highest BCUT2D eigenvalue weighted by Gasteiger charge is 2.18. The number of rotatable bonds is 5. The van der Waals surface area contributed by atoms with E-state index in [4.69, 9.17) is 4.52 Å². The van der Waals surface area contributed by atoms with E-state index in [2.05, 4.69) is 10.3 Å². The van der Waals surface area contributed by atoms with Gasteiger partial charge in [0.15, 0.2) is 15.6 Å². The largest absolute Gasteiger partial charge is 0.356 e. The maximum absolute atomic E-state index is 12.2. The van der Waals surface area contributed by atoms with Gasteiger partial charge in [-0.25, -0.2) is 8.42 Å². The van der Waals surface area contributed by atoms with Crippen LogP contribution in [-0.2, 0) is 28.4 Å². The van der Waals surface area contributed by atoms with Crippen LogP contribution in [0.3, 0.4) is 0 Å². The molecule has 22 heavy (non-hydrogen) atoms. The topological polar surface area (TPSA) is 78.0 Å². The highest BCUT2D eigenvalue weighted by molar-refractivity contribution is 7.89. The van der Waals surface area contributed by atoms with Crippen LogP contribution in [-0.4, -0.2) is 23.4 Å². The molecule has 0 N–H and O–H groups in total. The van der Waals surface area contributed by atoms with E-state index >= 15 is 0 Å². The van der Waals surface area contributed by atoms with E-state index in [1.165, 1.54) is 0 Å². The third-order valence-corrected chi connectivity index (χ3v) is 4.75. The van der Waals surface area contributed by atoms with Gasteiger partial charge in [-0.05, 0) is 6.07 Å². The van der Waals surface area contributed by atoms with Crippen molar-refractivity contribution in [1.29, 1.82) is 0 Å². The van der Waals surface area contributed by atoms with E-state index in [-0.39, 0.29) is 11.5 Å². The quantitative estimate of drug-likeness (QED) is 0.721. The summed E-state index contributed by atoms with van der Waals surface area (Å²) in [6.07, 6.45) is 1.58. The van der Waals surface area contributed by atoms with Crippen molar-refractivity contribution in [2.24, 2.45) is 7.05 Å². The fourth-order valence-corrected chi connectivity index (χ4v) is 3.59. The van der Waals surface area contributed by atoms with Crippen LogP contribution in [0.5, 0.6) is 0 Å². The summed E-state index contributed by atoms with van der Waals surface area (Å²) in [7, 11) is -1.62. The first-order chi connectivity index (χ1) is 10.5. The second-order valence-electron chi connectivity index (χ2n) is 5.03. The van der Waals surface area contributed by atoms with Gasteiger partial charge in [0, 0.05) is 24.9 Å². The Kier molecular flexibility index (Phi) is 3.81. The SMILES string of the molecule is Cn1nccc1CS(=O)(=O)Cc1cc(-c2ccccc2)on1. The summed E-state index contributed by atoms with van der Waals surface area (Å²) >= 11 is 0. The van der Waals surface area contributed by atoms with Crippen LogP contribution >= 0.6 is 0 Å². The van der Waals surface area contributed by atoms with Gasteiger partial charge >= 0.3 is 0 Å². The lowest BCUT2D eigenvalue weighted by Crippen LogP contribution is -2.11. The maximum atomic E-state index is 12.2. The van der Waals surface area contributed by atoms with Crippen molar-refractivity contribution in [2.75, 3.05) is 0 Å². The number of sulfone groups is 1. The molecule has 7 heteroatoms. The number of benzene rings is 1. The number of hydrogen-bond donors (Lipinski definition) is 0. The van der Waals surface area contributed by atoms with Crippen LogP contribution in [0.1, 0.15) is 11.4 Å². The molecule has 3 aromatic rings. The van der Waals surface area contributed by atoms with Crippen LogP contribution in [0.15, 0.2) is 53.2 Å². The molecule has 2 aromatic heterocycles. The first-order valence-corrected chi connectivity index (χ1v) is 8.54. The van der Waals surface area contributed by atoms with Crippen molar-refractivity contribution in [2.45, 2.75) is 11.5 Å². The van der Waals surface area contributed by atoms with Gasteiger partial charge < -0.3 is 4.52 Å². The average molecular weight is 317 g/mol. The summed E-state index contributed by atoms with van der Waals surface area (Å²) < 4.78 is 31.3. The molecule has 0 bridgehead atoms. The maximum Gasteiger partial charge on any atom is 0.167 e. The van der Waals surface area contributed by atoms with Crippen molar-refractivity contribution in [3.63, 3.8) is 0 Å². The highest BCUT2D eigenvalue weighted by atomic mass is 32.2. The molecule has 0 aliphatic rings. The summed E-state index contributed by atoms with van der Waals surface area (Å²) in [5.74, 6) is 0.331. The Hall–Kier alpha value is -2.41. The van der Waals surface area contributed by atoms with Gasteiger partial charge in [0.1, 0.15) is 0 Å². The number of aromatic nitrogens is 3. The molecule has 0 fully saturated rings. The highest BCUT2D eigenvalue weighted by Crippen LogP contribution is 2.21. The van der Waals surface area contributed by atoms with Crippen LogP contribution in [0.4, 0.5) is 0 Å². The van der Waals surface area contributed by atoms with Gasteiger partial charge in [0.25, 0.3) is 0 Å². The minimum atomic E-state index is -3.33. The molecule has 0 atom stereocenters. The molecule has 0 amide bonds. The zero-order valence-electron chi connectivity index (χ0n) is 12.0. The van der Waals surface area contributed by atoms with Gasteiger partial charge in [-0.15, -0.1) is 0 Å². The van der Waals surface area contributed by atoms with Crippen LogP contribution in [0.2, 0.25) is 0 Å². The van der Waals surface area contributed by atoms with Crippen LogP contribution in [0, 0.1) is 0 Å². The Morgan fingerprint density at radius 2 is 1.91 bits per heavy atom. The number of hydrogen-bond acceptors (Lipinski definition) is 5. The summed E-state index contributed by atoms with van der Waals surface area (Å²) in [5, 5.41) is 7.82. The van der Waals surface area contributed by atoms with E-state index in [0.717, 1.165) is 5.56 Å². The van der Waals surface area contributed by atoms with Gasteiger partial charge in [-0.2, -0.15) is 5.10 Å². The number of nitrogens with zero attached hydrogens (tertiary/aromatic N) is 3. The standard InChI is InChI=1S/C15H15N3O3S/c1-18-14(7-8-16-18)11-22(19,20)10-13-9-15(21-17-13)12-5-3-2-4-6-12/h2-9H,10-11H2,1H3. The van der Waals surface area contributed by atoms with Crippen LogP contribution < -0.4 is 0 Å². The lowest BCUT2D eigenvalue weighted by Gasteiger charge is -2.02. The van der Waals surface area contributed by atoms with Gasteiger partial charge in [0.2, 0.25) is 0 Å². The first kappa shape index (κ1) is 14.5. The molecule has 0 unspecified atom stereocenters. The molecule has 1 aromatic carbocycles. The molecular weight excluding hydrogens is 302 g/mol. The fourth-order valence-electron chi connectivity index (χ4n) is 2.16. The molecule has 6 nitrogen and oxygen atoms in total. The monoisotopic (exact) mass is 317 g/mol. The van der Waals surface area contributed by atoms with E-state index in [0.29, 0.717) is 17.1 Å². The van der Waals surface area contributed by atoms with Crippen molar-refractivity contribution in [3.05, 3.63) is 60.0 Å². The van der Waals surface area contributed by atoms with Gasteiger partial charge in [0.05, 0.1) is 22.9 Å². The summed E-state index contributed by atoms with van der Waals surface area (Å²) in [6, 6.07) is 12.8. The minimum absolute atomic E-state index is 0.0724. The zero-order chi connectivity index (χ0) is 15.6. The van der Waals surface area contributed by atoms with E-state index in [1.54, 1.807) is 30.1 Å². The lowest BCUT2D eigenvalue weighted by atomic mass is 10.2. The average Bonchev–Trinajstić information content (AvgIpc) is 3.09. The predicted molar refractivity (Wildman–Crippen MR) is 81.5 cm³/mol. The van der Waals surface area contributed by atoms with Crippen molar-refractivity contribution in [3.8, 4) is 11.3 Å². The van der Waals surface area contributed by atoms with Crippen LogP contribution in [0.25, 0.3) is 11.3 Å². The first-order valence-electron chi connectivity index (χ1n) is 6.72.